The highest BCUT2D eigenvalue weighted by atomic mass is 127. The summed E-state index contributed by atoms with van der Waals surface area (Å²) < 4.78 is 7.91. The Balaban J connectivity index is 0.00000208. The topological polar surface area (TPSA) is 54.7 Å². The monoisotopic (exact) mass is 447 g/mol. The molecule has 1 aromatic heterocycles. The van der Waals surface area contributed by atoms with Crippen LogP contribution in [0.5, 0.6) is 0 Å². The van der Waals surface area contributed by atoms with Gasteiger partial charge in [-0.1, -0.05) is 6.92 Å². The molecule has 2 unspecified atom stereocenters. The normalized spacial score (nSPS) is 24.6. The van der Waals surface area contributed by atoms with E-state index in [9.17, 15) is 0 Å². The highest BCUT2D eigenvalue weighted by molar-refractivity contribution is 14.0. The van der Waals surface area contributed by atoms with E-state index in [1.165, 1.54) is 19.3 Å². The van der Waals surface area contributed by atoms with Gasteiger partial charge in [-0.3, -0.25) is 4.99 Å². The van der Waals surface area contributed by atoms with Crippen molar-refractivity contribution in [2.24, 2.45) is 16.8 Å². The van der Waals surface area contributed by atoms with Gasteiger partial charge in [-0.2, -0.15) is 0 Å². The molecule has 1 aromatic rings. The molecule has 0 aromatic carbocycles. The number of halogens is 1. The smallest absolute Gasteiger partial charge is 0.193 e. The van der Waals surface area contributed by atoms with Crippen molar-refractivity contribution in [3.8, 4) is 0 Å². The van der Waals surface area contributed by atoms with Crippen LogP contribution in [0.4, 0.5) is 0 Å². The Bertz CT molecular complexity index is 503. The minimum atomic E-state index is 0. The van der Waals surface area contributed by atoms with Gasteiger partial charge in [0.15, 0.2) is 5.96 Å². The fourth-order valence-electron chi connectivity index (χ4n) is 3.20. The Morgan fingerprint density at radius 1 is 1.38 bits per heavy atom. The van der Waals surface area contributed by atoms with Crippen molar-refractivity contribution in [2.75, 3.05) is 39.9 Å². The zero-order valence-corrected chi connectivity index (χ0v) is 17.1. The highest BCUT2D eigenvalue weighted by Crippen LogP contribution is 2.29. The van der Waals surface area contributed by atoms with Crippen LogP contribution in [0.2, 0.25) is 0 Å². The number of rotatable bonds is 6. The third-order valence-corrected chi connectivity index (χ3v) is 4.92. The number of guanidine groups is 1. The molecule has 0 bridgehead atoms. The fraction of sp³-hybridized carbons (Fsp3) is 0.765. The van der Waals surface area contributed by atoms with E-state index < -0.39 is 0 Å². The molecule has 0 radical (unpaired) electrons. The number of imidazole rings is 1. The van der Waals surface area contributed by atoms with Crippen LogP contribution >= 0.6 is 24.0 Å². The predicted molar refractivity (Wildman–Crippen MR) is 107 cm³/mol. The van der Waals surface area contributed by atoms with E-state index in [1.54, 1.807) is 0 Å². The summed E-state index contributed by atoms with van der Waals surface area (Å²) in [5.41, 5.74) is 0. The van der Waals surface area contributed by atoms with E-state index in [2.05, 4.69) is 37.9 Å². The zero-order chi connectivity index (χ0) is 16.1. The van der Waals surface area contributed by atoms with Crippen LogP contribution in [0.25, 0.3) is 0 Å². The van der Waals surface area contributed by atoms with Crippen LogP contribution in [0.1, 0.15) is 32.2 Å². The molecule has 7 heteroatoms. The quantitative estimate of drug-likeness (QED) is 0.315. The average Bonchev–Trinajstić information content (AvgIpc) is 3.23. The second-order valence-corrected chi connectivity index (χ2v) is 6.78. The minimum absolute atomic E-state index is 0. The SMILES string of the molecule is CN=C(NCCOCC1CC1)N1CCC(C)C(n2ccnc2)C1.I. The molecular formula is C17H30IN5O. The molecule has 2 heterocycles. The van der Waals surface area contributed by atoms with Gasteiger partial charge in [0.1, 0.15) is 0 Å². The van der Waals surface area contributed by atoms with Crippen LogP contribution < -0.4 is 5.32 Å². The number of hydrogen-bond donors (Lipinski definition) is 1. The Kier molecular flexibility index (Phi) is 7.80. The van der Waals surface area contributed by atoms with Crippen LogP contribution in [0.3, 0.4) is 0 Å². The molecule has 0 spiro atoms. The van der Waals surface area contributed by atoms with Crippen molar-refractivity contribution >= 4 is 29.9 Å². The third kappa shape index (κ3) is 5.34. The van der Waals surface area contributed by atoms with Gasteiger partial charge in [0, 0.05) is 45.7 Å². The maximum Gasteiger partial charge on any atom is 0.193 e. The molecule has 1 aliphatic carbocycles. The Morgan fingerprint density at radius 3 is 2.88 bits per heavy atom. The first kappa shape index (κ1) is 19.5. The molecule has 1 saturated heterocycles. The fourth-order valence-corrected chi connectivity index (χ4v) is 3.20. The van der Waals surface area contributed by atoms with Crippen LogP contribution in [0.15, 0.2) is 23.7 Å². The summed E-state index contributed by atoms with van der Waals surface area (Å²) in [6, 6.07) is 0.455. The number of ether oxygens (including phenoxy) is 1. The first-order chi connectivity index (χ1) is 11.3. The third-order valence-electron chi connectivity index (χ3n) is 4.92. The summed E-state index contributed by atoms with van der Waals surface area (Å²) in [6.07, 6.45) is 9.70. The van der Waals surface area contributed by atoms with E-state index in [0.717, 1.165) is 44.7 Å². The second-order valence-electron chi connectivity index (χ2n) is 6.78. The summed E-state index contributed by atoms with van der Waals surface area (Å²) in [7, 11) is 1.86. The number of aliphatic imine (C=N–C) groups is 1. The minimum Gasteiger partial charge on any atom is -0.379 e. The van der Waals surface area contributed by atoms with Gasteiger partial charge in [0.2, 0.25) is 0 Å². The van der Waals surface area contributed by atoms with Crippen molar-refractivity contribution in [1.29, 1.82) is 0 Å². The van der Waals surface area contributed by atoms with Crippen LogP contribution in [0, 0.1) is 11.8 Å². The lowest BCUT2D eigenvalue weighted by Crippen LogP contribution is -2.49. The van der Waals surface area contributed by atoms with Crippen molar-refractivity contribution in [3.63, 3.8) is 0 Å². The summed E-state index contributed by atoms with van der Waals surface area (Å²) in [6.45, 7) is 6.84. The zero-order valence-electron chi connectivity index (χ0n) is 14.7. The number of hydrogen-bond acceptors (Lipinski definition) is 3. The van der Waals surface area contributed by atoms with Gasteiger partial charge < -0.3 is 19.5 Å². The summed E-state index contributed by atoms with van der Waals surface area (Å²) in [4.78, 5) is 11.0. The predicted octanol–water partition coefficient (Wildman–Crippen LogP) is 2.39. The molecule has 1 aliphatic heterocycles. The van der Waals surface area contributed by atoms with Crippen molar-refractivity contribution in [3.05, 3.63) is 18.7 Å². The van der Waals surface area contributed by atoms with E-state index in [-0.39, 0.29) is 24.0 Å². The second kappa shape index (κ2) is 9.60. The standard InChI is InChI=1S/C17H29N5O.HI/c1-14-5-8-21(11-16(14)22-9-6-19-13-22)17(18-2)20-7-10-23-12-15-3-4-15;/h6,9,13-16H,3-5,7-8,10-12H2,1-2H3,(H,18,20);1H. The number of piperidine rings is 1. The number of nitrogens with one attached hydrogen (secondary N) is 1. The molecule has 1 saturated carbocycles. The van der Waals surface area contributed by atoms with Crippen molar-refractivity contribution in [1.82, 2.24) is 19.8 Å². The maximum atomic E-state index is 5.69. The molecule has 6 nitrogen and oxygen atoms in total. The first-order valence-electron chi connectivity index (χ1n) is 8.78. The van der Waals surface area contributed by atoms with Crippen molar-refractivity contribution < 1.29 is 4.74 Å². The molecule has 0 amide bonds. The van der Waals surface area contributed by atoms with Crippen molar-refractivity contribution in [2.45, 2.75) is 32.2 Å². The molecular weight excluding hydrogens is 417 g/mol. The summed E-state index contributed by atoms with van der Waals surface area (Å²) >= 11 is 0. The van der Waals surface area contributed by atoms with Crippen LogP contribution in [-0.2, 0) is 4.74 Å². The van der Waals surface area contributed by atoms with Crippen LogP contribution in [-0.4, -0.2) is 60.3 Å². The van der Waals surface area contributed by atoms with Gasteiger partial charge in [-0.15, -0.1) is 24.0 Å². The number of aromatic nitrogens is 2. The maximum absolute atomic E-state index is 5.69. The first-order valence-corrected chi connectivity index (χ1v) is 8.78. The molecule has 2 aliphatic rings. The lowest BCUT2D eigenvalue weighted by molar-refractivity contribution is 0.127. The highest BCUT2D eigenvalue weighted by Gasteiger charge is 2.28. The van der Waals surface area contributed by atoms with Gasteiger partial charge in [-0.05, 0) is 31.1 Å². The lowest BCUT2D eigenvalue weighted by atomic mass is 9.93. The lowest BCUT2D eigenvalue weighted by Gasteiger charge is -2.39. The molecule has 2 fully saturated rings. The van der Waals surface area contributed by atoms with Gasteiger partial charge >= 0.3 is 0 Å². The summed E-state index contributed by atoms with van der Waals surface area (Å²) in [5, 5.41) is 3.44. The van der Waals surface area contributed by atoms with E-state index in [4.69, 9.17) is 4.74 Å². The van der Waals surface area contributed by atoms with E-state index in [0.29, 0.717) is 12.0 Å². The molecule has 1 N–H and O–H groups in total. The Labute approximate surface area is 162 Å². The van der Waals surface area contributed by atoms with E-state index in [1.807, 2.05) is 19.6 Å². The summed E-state index contributed by atoms with van der Waals surface area (Å²) in [5.74, 6) is 2.46. The molecule has 24 heavy (non-hydrogen) atoms. The average molecular weight is 447 g/mol. The van der Waals surface area contributed by atoms with E-state index >= 15 is 0 Å². The molecule has 3 rings (SSSR count). The van der Waals surface area contributed by atoms with Gasteiger partial charge in [0.05, 0.1) is 19.0 Å². The number of nitrogens with zero attached hydrogens (tertiary/aromatic N) is 4. The number of likely N-dealkylation sites (tertiary alicyclic amines) is 1. The molecule has 136 valence electrons. The Hall–Kier alpha value is -0.830. The molecule has 2 atom stereocenters. The largest absolute Gasteiger partial charge is 0.379 e. The Morgan fingerprint density at radius 2 is 2.21 bits per heavy atom. The van der Waals surface area contributed by atoms with Gasteiger partial charge in [0.25, 0.3) is 0 Å². The van der Waals surface area contributed by atoms with Gasteiger partial charge in [-0.25, -0.2) is 4.98 Å².